The number of carboxylic acid groups (broad SMARTS) is 1. The fourth-order valence-corrected chi connectivity index (χ4v) is 2.20. The first-order chi connectivity index (χ1) is 9.36. The van der Waals surface area contributed by atoms with E-state index in [-0.39, 0.29) is 5.41 Å². The summed E-state index contributed by atoms with van der Waals surface area (Å²) in [6.07, 6.45) is 4.07. The smallest absolute Gasteiger partial charge is 0.344 e. The van der Waals surface area contributed by atoms with E-state index in [0.29, 0.717) is 5.75 Å². The van der Waals surface area contributed by atoms with Gasteiger partial charge in [-0.3, -0.25) is 0 Å². The molecule has 1 atom stereocenters. The van der Waals surface area contributed by atoms with Crippen molar-refractivity contribution in [3.8, 4) is 5.75 Å². The van der Waals surface area contributed by atoms with Crippen LogP contribution in [0.3, 0.4) is 0 Å². The maximum atomic E-state index is 10.8. The minimum Gasteiger partial charge on any atom is -0.479 e. The molecular weight excluding hydrogens is 252 g/mol. The third-order valence-corrected chi connectivity index (χ3v) is 3.70. The predicted octanol–water partition coefficient (Wildman–Crippen LogP) is 4.40. The summed E-state index contributed by atoms with van der Waals surface area (Å²) in [5.74, 6) is -0.345. The average Bonchev–Trinajstić information content (AvgIpc) is 2.39. The molecule has 20 heavy (non-hydrogen) atoms. The zero-order chi connectivity index (χ0) is 15.2. The number of unbranched alkanes of at least 4 members (excludes halogenated alkanes) is 2. The van der Waals surface area contributed by atoms with Gasteiger partial charge in [-0.2, -0.15) is 0 Å². The van der Waals surface area contributed by atoms with E-state index in [2.05, 4.69) is 20.8 Å². The van der Waals surface area contributed by atoms with Crippen LogP contribution >= 0.6 is 0 Å². The summed E-state index contributed by atoms with van der Waals surface area (Å²) in [7, 11) is 0. The van der Waals surface area contributed by atoms with Crippen LogP contribution in [0.5, 0.6) is 5.75 Å². The van der Waals surface area contributed by atoms with Gasteiger partial charge in [0, 0.05) is 0 Å². The molecule has 112 valence electrons. The quantitative estimate of drug-likeness (QED) is 0.717. The second-order valence-electron chi connectivity index (χ2n) is 5.96. The highest BCUT2D eigenvalue weighted by Crippen LogP contribution is 2.30. The second kappa shape index (κ2) is 7.32. The maximum absolute atomic E-state index is 10.8. The van der Waals surface area contributed by atoms with Crippen LogP contribution in [-0.4, -0.2) is 17.2 Å². The van der Waals surface area contributed by atoms with Gasteiger partial charge in [0.1, 0.15) is 5.75 Å². The molecule has 0 heterocycles. The van der Waals surface area contributed by atoms with Crippen LogP contribution in [0.1, 0.15) is 58.9 Å². The molecule has 0 aliphatic heterocycles. The van der Waals surface area contributed by atoms with Crippen molar-refractivity contribution in [1.82, 2.24) is 0 Å². The van der Waals surface area contributed by atoms with E-state index in [1.165, 1.54) is 31.7 Å². The molecule has 1 aromatic rings. The van der Waals surface area contributed by atoms with E-state index in [1.807, 2.05) is 24.3 Å². The molecule has 0 radical (unpaired) electrons. The van der Waals surface area contributed by atoms with Gasteiger partial charge in [-0.05, 0) is 36.5 Å². The number of hydrogen-bond donors (Lipinski definition) is 1. The van der Waals surface area contributed by atoms with E-state index < -0.39 is 12.1 Å². The number of rotatable bonds is 8. The first-order valence-electron chi connectivity index (χ1n) is 7.37. The lowest BCUT2D eigenvalue weighted by atomic mass is 9.80. The summed E-state index contributed by atoms with van der Waals surface area (Å²) in [6, 6.07) is 7.79. The first kappa shape index (κ1) is 16.5. The molecule has 1 aromatic carbocycles. The SMILES string of the molecule is CCCCCC(C)(C)c1ccc(OC(C)C(=O)O)cc1. The highest BCUT2D eigenvalue weighted by atomic mass is 16.5. The van der Waals surface area contributed by atoms with Crippen LogP contribution in [-0.2, 0) is 10.2 Å². The average molecular weight is 278 g/mol. The van der Waals surface area contributed by atoms with Crippen molar-refractivity contribution < 1.29 is 14.6 Å². The highest BCUT2D eigenvalue weighted by molar-refractivity contribution is 5.72. The molecule has 0 spiro atoms. The Kier molecular flexibility index (Phi) is 6.05. The van der Waals surface area contributed by atoms with Crippen molar-refractivity contribution in [2.24, 2.45) is 0 Å². The zero-order valence-electron chi connectivity index (χ0n) is 13.0. The number of carboxylic acids is 1. The van der Waals surface area contributed by atoms with Crippen LogP contribution in [0.25, 0.3) is 0 Å². The van der Waals surface area contributed by atoms with Crippen LogP contribution in [0.15, 0.2) is 24.3 Å². The number of carbonyl (C=O) groups is 1. The molecule has 3 heteroatoms. The Labute approximate surface area is 122 Å². The van der Waals surface area contributed by atoms with E-state index in [4.69, 9.17) is 9.84 Å². The molecule has 3 nitrogen and oxygen atoms in total. The largest absolute Gasteiger partial charge is 0.479 e. The third-order valence-electron chi connectivity index (χ3n) is 3.70. The van der Waals surface area contributed by atoms with E-state index in [1.54, 1.807) is 0 Å². The second-order valence-corrected chi connectivity index (χ2v) is 5.96. The van der Waals surface area contributed by atoms with Crippen molar-refractivity contribution in [2.75, 3.05) is 0 Å². The monoisotopic (exact) mass is 278 g/mol. The van der Waals surface area contributed by atoms with Crippen molar-refractivity contribution in [3.05, 3.63) is 29.8 Å². The topological polar surface area (TPSA) is 46.5 Å². The molecule has 0 saturated heterocycles. The minimum absolute atomic E-state index is 0.145. The summed E-state index contributed by atoms with van der Waals surface area (Å²) in [4.78, 5) is 10.8. The van der Waals surface area contributed by atoms with Crippen LogP contribution < -0.4 is 4.74 Å². The normalized spacial score (nSPS) is 13.0. The Bertz CT molecular complexity index is 420. The third kappa shape index (κ3) is 4.87. The molecule has 0 aromatic heterocycles. The van der Waals surface area contributed by atoms with Gasteiger partial charge in [-0.25, -0.2) is 4.79 Å². The minimum atomic E-state index is -0.950. The summed E-state index contributed by atoms with van der Waals surface area (Å²) in [6.45, 7) is 8.24. The summed E-state index contributed by atoms with van der Waals surface area (Å²) in [5, 5.41) is 8.82. The highest BCUT2D eigenvalue weighted by Gasteiger charge is 2.20. The number of aliphatic carboxylic acids is 1. The van der Waals surface area contributed by atoms with Crippen molar-refractivity contribution in [2.45, 2.75) is 64.9 Å². The molecule has 0 aliphatic carbocycles. The Balaban J connectivity index is 2.67. The molecule has 1 unspecified atom stereocenters. The molecule has 0 fully saturated rings. The van der Waals surface area contributed by atoms with Gasteiger partial charge in [0.15, 0.2) is 6.10 Å². The van der Waals surface area contributed by atoms with Gasteiger partial charge in [-0.15, -0.1) is 0 Å². The van der Waals surface area contributed by atoms with Crippen molar-refractivity contribution >= 4 is 5.97 Å². The Morgan fingerprint density at radius 2 is 1.85 bits per heavy atom. The molecule has 0 aliphatic rings. The standard InChI is InChI=1S/C17H26O3/c1-5-6-7-12-17(3,4)14-8-10-15(11-9-14)20-13(2)16(18)19/h8-11,13H,5-7,12H2,1-4H3,(H,18,19). The summed E-state index contributed by atoms with van der Waals surface area (Å²) >= 11 is 0. The molecule has 1 N–H and O–H groups in total. The van der Waals surface area contributed by atoms with Gasteiger partial charge in [0.05, 0.1) is 0 Å². The van der Waals surface area contributed by atoms with E-state index in [0.717, 1.165) is 6.42 Å². The first-order valence-corrected chi connectivity index (χ1v) is 7.37. The van der Waals surface area contributed by atoms with Crippen LogP contribution in [0.4, 0.5) is 0 Å². The predicted molar refractivity (Wildman–Crippen MR) is 81.3 cm³/mol. The lowest BCUT2D eigenvalue weighted by Gasteiger charge is -2.25. The number of ether oxygens (including phenoxy) is 1. The Morgan fingerprint density at radius 1 is 1.25 bits per heavy atom. The van der Waals surface area contributed by atoms with Gasteiger partial charge in [0.2, 0.25) is 0 Å². The van der Waals surface area contributed by atoms with Crippen molar-refractivity contribution in [3.63, 3.8) is 0 Å². The lowest BCUT2D eigenvalue weighted by molar-refractivity contribution is -0.144. The lowest BCUT2D eigenvalue weighted by Crippen LogP contribution is -2.23. The fourth-order valence-electron chi connectivity index (χ4n) is 2.20. The summed E-state index contributed by atoms with van der Waals surface area (Å²) < 4.78 is 5.34. The van der Waals surface area contributed by atoms with Gasteiger partial charge >= 0.3 is 5.97 Å². The Hall–Kier alpha value is -1.51. The van der Waals surface area contributed by atoms with E-state index >= 15 is 0 Å². The van der Waals surface area contributed by atoms with Gasteiger partial charge in [0.25, 0.3) is 0 Å². The van der Waals surface area contributed by atoms with Gasteiger partial charge in [-0.1, -0.05) is 52.2 Å². The maximum Gasteiger partial charge on any atom is 0.344 e. The van der Waals surface area contributed by atoms with Crippen LogP contribution in [0.2, 0.25) is 0 Å². The van der Waals surface area contributed by atoms with Crippen molar-refractivity contribution in [1.29, 1.82) is 0 Å². The number of hydrogen-bond acceptors (Lipinski definition) is 2. The van der Waals surface area contributed by atoms with Crippen LogP contribution in [0, 0.1) is 0 Å². The molecule has 1 rings (SSSR count). The molecule has 0 bridgehead atoms. The number of benzene rings is 1. The Morgan fingerprint density at radius 3 is 2.35 bits per heavy atom. The molecule has 0 amide bonds. The molecule has 0 saturated carbocycles. The van der Waals surface area contributed by atoms with Gasteiger partial charge < -0.3 is 9.84 Å². The molecular formula is C17H26O3. The fraction of sp³-hybridized carbons (Fsp3) is 0.588. The zero-order valence-corrected chi connectivity index (χ0v) is 13.0. The summed E-state index contributed by atoms with van der Waals surface area (Å²) in [5.41, 5.74) is 1.41. The van der Waals surface area contributed by atoms with E-state index in [9.17, 15) is 4.79 Å².